The van der Waals surface area contributed by atoms with Crippen molar-refractivity contribution < 1.29 is 37.8 Å². The number of thiazole rings is 1. The summed E-state index contributed by atoms with van der Waals surface area (Å²) >= 11 is 1.11. The predicted molar refractivity (Wildman–Crippen MR) is 130 cm³/mol. The second kappa shape index (κ2) is 15.7. The SMILES string of the molecule is CC(C)C[C@@H](C(=O)N[C@@H](CCCN/C(N)=N/[N+](=O)[O-])C(=O)Nc1nccs1)[C@H](CCC(F)(F)F)N(O)C=O. The van der Waals surface area contributed by atoms with Gasteiger partial charge in [-0.25, -0.2) is 20.2 Å². The Balaban J connectivity index is 3.10. The lowest BCUT2D eigenvalue weighted by atomic mass is 9.86. The number of amides is 3. The van der Waals surface area contributed by atoms with Gasteiger partial charge >= 0.3 is 6.18 Å². The van der Waals surface area contributed by atoms with E-state index in [1.165, 1.54) is 6.20 Å². The molecule has 0 aliphatic carbocycles. The fourth-order valence-electron chi connectivity index (χ4n) is 3.53. The number of nitro groups is 1. The number of alkyl halides is 3. The van der Waals surface area contributed by atoms with Gasteiger partial charge in [-0.2, -0.15) is 13.2 Å². The number of carbonyl (C=O) groups excluding carboxylic acids is 3. The Labute approximate surface area is 219 Å². The molecule has 3 atom stereocenters. The van der Waals surface area contributed by atoms with Gasteiger partial charge in [-0.1, -0.05) is 13.8 Å². The molecule has 0 saturated carbocycles. The molecular formula is C20H31F3N8O6S. The predicted octanol–water partition coefficient (Wildman–Crippen LogP) is 1.66. The van der Waals surface area contributed by atoms with Gasteiger partial charge in [0.2, 0.25) is 18.2 Å². The molecule has 1 heterocycles. The molecule has 1 aromatic heterocycles. The van der Waals surface area contributed by atoms with Crippen molar-refractivity contribution in [1.82, 2.24) is 20.7 Å². The highest BCUT2D eigenvalue weighted by Gasteiger charge is 2.38. The summed E-state index contributed by atoms with van der Waals surface area (Å²) in [5.41, 5.74) is 5.35. The van der Waals surface area contributed by atoms with Crippen molar-refractivity contribution in [2.24, 2.45) is 22.7 Å². The number of nitrogens with zero attached hydrogens (tertiary/aromatic N) is 4. The summed E-state index contributed by atoms with van der Waals surface area (Å²) in [7, 11) is 0. The minimum atomic E-state index is -4.59. The molecule has 214 valence electrons. The second-order valence-electron chi connectivity index (χ2n) is 8.62. The first kappa shape index (κ1) is 32.5. The number of aromatic nitrogens is 1. The number of hydrogen-bond acceptors (Lipinski definition) is 8. The first-order valence-corrected chi connectivity index (χ1v) is 12.3. The molecule has 0 aliphatic rings. The van der Waals surface area contributed by atoms with E-state index in [4.69, 9.17) is 5.73 Å². The molecule has 0 bridgehead atoms. The molecule has 0 radical (unpaired) electrons. The highest BCUT2D eigenvalue weighted by atomic mass is 32.1. The third kappa shape index (κ3) is 12.6. The van der Waals surface area contributed by atoms with Crippen LogP contribution < -0.4 is 21.7 Å². The van der Waals surface area contributed by atoms with E-state index in [2.05, 4.69) is 26.0 Å². The third-order valence-corrected chi connectivity index (χ3v) is 5.85. The highest BCUT2D eigenvalue weighted by molar-refractivity contribution is 7.13. The number of hydrazone groups is 1. The number of anilines is 1. The fourth-order valence-corrected chi connectivity index (χ4v) is 4.06. The summed E-state index contributed by atoms with van der Waals surface area (Å²) in [6, 6.07) is -2.71. The molecule has 1 aromatic rings. The Morgan fingerprint density at radius 1 is 1.34 bits per heavy atom. The average Bonchev–Trinajstić information content (AvgIpc) is 3.31. The molecule has 18 heteroatoms. The summed E-state index contributed by atoms with van der Waals surface area (Å²) in [6.45, 7) is 3.46. The molecular weight excluding hydrogens is 537 g/mol. The summed E-state index contributed by atoms with van der Waals surface area (Å²) in [5.74, 6) is -3.47. The Hall–Kier alpha value is -3.54. The zero-order valence-electron chi connectivity index (χ0n) is 20.7. The number of nitrogens with one attached hydrogen (secondary N) is 3. The molecule has 6 N–H and O–H groups in total. The van der Waals surface area contributed by atoms with E-state index in [9.17, 15) is 42.9 Å². The maximum absolute atomic E-state index is 13.3. The first-order valence-electron chi connectivity index (χ1n) is 11.5. The number of carbonyl (C=O) groups is 3. The van der Waals surface area contributed by atoms with E-state index >= 15 is 0 Å². The van der Waals surface area contributed by atoms with Gasteiger partial charge in [0.25, 0.3) is 5.96 Å². The van der Waals surface area contributed by atoms with Crippen LogP contribution in [0.5, 0.6) is 0 Å². The van der Waals surface area contributed by atoms with Crippen molar-refractivity contribution in [3.63, 3.8) is 0 Å². The van der Waals surface area contributed by atoms with Crippen LogP contribution in [0.15, 0.2) is 16.7 Å². The molecule has 3 amide bonds. The molecule has 0 fully saturated rings. The number of guanidine groups is 1. The zero-order valence-corrected chi connectivity index (χ0v) is 21.5. The normalized spacial score (nSPS) is 14.3. The molecule has 0 aromatic carbocycles. The smallest absolute Gasteiger partial charge is 0.365 e. The second-order valence-corrected chi connectivity index (χ2v) is 9.52. The van der Waals surface area contributed by atoms with Crippen LogP contribution in [0.1, 0.15) is 46.0 Å². The Kier molecular flexibility index (Phi) is 13.4. The van der Waals surface area contributed by atoms with Crippen molar-refractivity contribution in [3.8, 4) is 0 Å². The van der Waals surface area contributed by atoms with E-state index in [1.54, 1.807) is 19.2 Å². The van der Waals surface area contributed by atoms with Crippen LogP contribution in [0.3, 0.4) is 0 Å². The minimum absolute atomic E-state index is 0.00944. The summed E-state index contributed by atoms with van der Waals surface area (Å²) < 4.78 is 38.7. The highest BCUT2D eigenvalue weighted by Crippen LogP contribution is 2.29. The quantitative estimate of drug-likeness (QED) is 0.0373. The first-order chi connectivity index (χ1) is 17.7. The van der Waals surface area contributed by atoms with E-state index in [1.807, 2.05) is 0 Å². The lowest BCUT2D eigenvalue weighted by Gasteiger charge is -2.32. The van der Waals surface area contributed by atoms with E-state index in [0.29, 0.717) is 0 Å². The molecule has 0 saturated heterocycles. The lowest BCUT2D eigenvalue weighted by molar-refractivity contribution is -0.485. The molecule has 0 aliphatic heterocycles. The fraction of sp³-hybridized carbons (Fsp3) is 0.650. The standard InChI is InChI=1S/C20H31F3N8O6S/c1-12(2)10-13(15(30(35)11-32)5-6-20(21,22)23)16(33)27-14(17(34)28-19-26-8-9-38-19)4-3-7-25-18(24)29-31(36)37/h8-9,11-15,35H,3-7,10H2,1-2H3,(H,27,33)(H3,24,25,29)(H,26,28,34)/t13-,14+,15+/m1/s1. The summed E-state index contributed by atoms with van der Waals surface area (Å²) in [6.07, 6.45) is -5.16. The largest absolute Gasteiger partial charge is 0.389 e. The minimum Gasteiger partial charge on any atom is -0.365 e. The van der Waals surface area contributed by atoms with Crippen molar-refractivity contribution in [1.29, 1.82) is 0 Å². The lowest BCUT2D eigenvalue weighted by Crippen LogP contribution is -2.51. The van der Waals surface area contributed by atoms with Crippen molar-refractivity contribution in [2.45, 2.75) is 64.2 Å². The van der Waals surface area contributed by atoms with Gasteiger partial charge in [-0.05, 0) is 31.6 Å². The Morgan fingerprint density at radius 2 is 2.03 bits per heavy atom. The van der Waals surface area contributed by atoms with Crippen LogP contribution in [0, 0.1) is 22.0 Å². The molecule has 14 nitrogen and oxygen atoms in total. The van der Waals surface area contributed by atoms with Crippen molar-refractivity contribution in [2.75, 3.05) is 11.9 Å². The number of halogens is 3. The van der Waals surface area contributed by atoms with Crippen LogP contribution in [-0.2, 0) is 14.4 Å². The van der Waals surface area contributed by atoms with Crippen LogP contribution >= 0.6 is 11.3 Å². The van der Waals surface area contributed by atoms with Gasteiger partial charge in [-0.3, -0.25) is 19.6 Å². The number of nitrogens with two attached hydrogens (primary N) is 1. The monoisotopic (exact) mass is 568 g/mol. The molecule has 38 heavy (non-hydrogen) atoms. The Morgan fingerprint density at radius 3 is 2.55 bits per heavy atom. The molecule has 0 unspecified atom stereocenters. The van der Waals surface area contributed by atoms with Crippen LogP contribution in [-0.4, -0.2) is 69.3 Å². The van der Waals surface area contributed by atoms with Crippen LogP contribution in [0.2, 0.25) is 0 Å². The molecule has 0 spiro atoms. The van der Waals surface area contributed by atoms with Gasteiger partial charge in [0.1, 0.15) is 11.1 Å². The van der Waals surface area contributed by atoms with Crippen LogP contribution in [0.25, 0.3) is 0 Å². The maximum Gasteiger partial charge on any atom is 0.389 e. The zero-order chi connectivity index (χ0) is 28.9. The number of hydroxylamine groups is 2. The van der Waals surface area contributed by atoms with Gasteiger partial charge in [-0.15, -0.1) is 11.3 Å². The van der Waals surface area contributed by atoms with Gasteiger partial charge in [0, 0.05) is 24.5 Å². The summed E-state index contributed by atoms with van der Waals surface area (Å²) in [5, 5.41) is 31.6. The third-order valence-electron chi connectivity index (χ3n) is 5.16. The van der Waals surface area contributed by atoms with E-state index in [-0.39, 0.29) is 48.3 Å². The van der Waals surface area contributed by atoms with Crippen molar-refractivity contribution in [3.05, 3.63) is 21.7 Å². The summed E-state index contributed by atoms with van der Waals surface area (Å²) in [4.78, 5) is 51.7. The van der Waals surface area contributed by atoms with E-state index < -0.39 is 59.8 Å². The maximum atomic E-state index is 13.3. The average molecular weight is 569 g/mol. The number of hydrogen-bond donors (Lipinski definition) is 5. The van der Waals surface area contributed by atoms with Gasteiger partial charge in [0.05, 0.1) is 12.0 Å². The molecule has 1 rings (SSSR count). The topological polar surface area (TPSA) is 205 Å². The van der Waals surface area contributed by atoms with Crippen molar-refractivity contribution >= 4 is 40.7 Å². The van der Waals surface area contributed by atoms with Crippen LogP contribution in [0.4, 0.5) is 18.3 Å². The number of rotatable bonds is 16. The van der Waals surface area contributed by atoms with E-state index in [0.717, 1.165) is 11.3 Å². The Bertz CT molecular complexity index is 948. The van der Waals surface area contributed by atoms with Gasteiger partial charge in [0.15, 0.2) is 10.2 Å². The van der Waals surface area contributed by atoms with Gasteiger partial charge < -0.3 is 21.7 Å².